The first-order chi connectivity index (χ1) is 10.6. The van der Waals surface area contributed by atoms with Crippen molar-refractivity contribution in [2.45, 2.75) is 56.9 Å². The van der Waals surface area contributed by atoms with Crippen molar-refractivity contribution < 1.29 is 9.00 Å². The molecule has 122 valence electrons. The van der Waals surface area contributed by atoms with Gasteiger partial charge in [0.1, 0.15) is 0 Å². The maximum atomic E-state index is 12.3. The van der Waals surface area contributed by atoms with Gasteiger partial charge >= 0.3 is 0 Å². The number of hydrogen-bond acceptors (Lipinski definition) is 3. The molecule has 0 radical (unpaired) electrons. The van der Waals surface area contributed by atoms with Gasteiger partial charge in [0.25, 0.3) is 0 Å². The lowest BCUT2D eigenvalue weighted by atomic mass is 9.94. The van der Waals surface area contributed by atoms with E-state index in [1.54, 1.807) is 0 Å². The zero-order valence-corrected chi connectivity index (χ0v) is 14.2. The summed E-state index contributed by atoms with van der Waals surface area (Å²) in [6, 6.07) is 9.35. The van der Waals surface area contributed by atoms with Gasteiger partial charge < -0.3 is 10.6 Å². The Morgan fingerprint density at radius 1 is 1.27 bits per heavy atom. The number of nitrogens with one attached hydrogen (secondary N) is 2. The summed E-state index contributed by atoms with van der Waals surface area (Å²) in [6.07, 6.45) is 4.27. The van der Waals surface area contributed by atoms with Crippen molar-refractivity contribution in [3.8, 4) is 0 Å². The monoisotopic (exact) mass is 322 g/mol. The summed E-state index contributed by atoms with van der Waals surface area (Å²) in [5.41, 5.74) is 0.804. The van der Waals surface area contributed by atoms with Crippen molar-refractivity contribution in [2.24, 2.45) is 0 Å². The first-order valence-electron chi connectivity index (χ1n) is 8.11. The molecule has 5 heteroatoms. The van der Waals surface area contributed by atoms with Gasteiger partial charge in [-0.3, -0.25) is 9.00 Å². The molecule has 0 spiro atoms. The molecule has 0 unspecified atom stereocenters. The van der Waals surface area contributed by atoms with E-state index in [4.69, 9.17) is 0 Å². The Balaban J connectivity index is 1.93. The summed E-state index contributed by atoms with van der Waals surface area (Å²) in [6.45, 7) is 3.84. The highest BCUT2D eigenvalue weighted by Crippen LogP contribution is 2.23. The SMILES string of the molecule is CC[S@](=O)[C@@H]1CCCC[C@H]1N[C@@H](C)C(=O)Nc1ccccc1. The molecule has 22 heavy (non-hydrogen) atoms. The van der Waals surface area contributed by atoms with Gasteiger partial charge in [-0.25, -0.2) is 0 Å². The van der Waals surface area contributed by atoms with Crippen molar-refractivity contribution in [3.05, 3.63) is 30.3 Å². The number of carbonyl (C=O) groups is 1. The Hall–Kier alpha value is -1.20. The molecule has 0 bridgehead atoms. The Labute approximate surface area is 135 Å². The molecule has 0 heterocycles. The maximum Gasteiger partial charge on any atom is 0.241 e. The third-order valence-corrected chi connectivity index (χ3v) is 6.03. The Bertz CT molecular complexity index is 507. The van der Waals surface area contributed by atoms with E-state index in [0.717, 1.165) is 31.4 Å². The molecule has 0 saturated heterocycles. The van der Waals surface area contributed by atoms with Crippen molar-refractivity contribution in [1.29, 1.82) is 0 Å². The molecule has 1 fully saturated rings. The number of rotatable bonds is 6. The number of hydrogen-bond donors (Lipinski definition) is 2. The third-order valence-electron chi connectivity index (χ3n) is 4.22. The summed E-state index contributed by atoms with van der Waals surface area (Å²) in [5.74, 6) is 0.644. The average Bonchev–Trinajstić information content (AvgIpc) is 2.55. The second-order valence-corrected chi connectivity index (χ2v) is 7.79. The van der Waals surface area contributed by atoms with Crippen LogP contribution >= 0.6 is 0 Å². The number of benzene rings is 1. The second kappa shape index (κ2) is 8.44. The molecule has 4 atom stereocenters. The van der Waals surface area contributed by atoms with Crippen molar-refractivity contribution in [3.63, 3.8) is 0 Å². The van der Waals surface area contributed by atoms with Crippen LogP contribution in [0.2, 0.25) is 0 Å². The van der Waals surface area contributed by atoms with E-state index in [1.165, 1.54) is 0 Å². The van der Waals surface area contributed by atoms with E-state index in [9.17, 15) is 9.00 Å². The molecule has 1 aromatic rings. The topological polar surface area (TPSA) is 58.2 Å². The number of para-hydroxylation sites is 1. The third kappa shape index (κ3) is 4.65. The van der Waals surface area contributed by atoms with Gasteiger partial charge in [0.2, 0.25) is 5.91 Å². The van der Waals surface area contributed by atoms with Gasteiger partial charge in [0.15, 0.2) is 0 Å². The van der Waals surface area contributed by atoms with E-state index >= 15 is 0 Å². The number of anilines is 1. The lowest BCUT2D eigenvalue weighted by Gasteiger charge is -2.33. The summed E-state index contributed by atoms with van der Waals surface area (Å²) >= 11 is 0. The molecule has 4 nitrogen and oxygen atoms in total. The highest BCUT2D eigenvalue weighted by Gasteiger charge is 2.31. The van der Waals surface area contributed by atoms with E-state index in [1.807, 2.05) is 44.2 Å². The molecule has 2 rings (SSSR count). The van der Waals surface area contributed by atoms with Crippen LogP contribution in [-0.4, -0.2) is 33.2 Å². The molecule has 1 saturated carbocycles. The minimum Gasteiger partial charge on any atom is -0.325 e. The maximum absolute atomic E-state index is 12.3. The smallest absolute Gasteiger partial charge is 0.241 e. The Kier molecular flexibility index (Phi) is 6.58. The Morgan fingerprint density at radius 3 is 2.64 bits per heavy atom. The summed E-state index contributed by atoms with van der Waals surface area (Å²) in [5, 5.41) is 6.48. The lowest BCUT2D eigenvalue weighted by Crippen LogP contribution is -2.51. The van der Waals surface area contributed by atoms with Gasteiger partial charge in [-0.15, -0.1) is 0 Å². The number of carbonyl (C=O) groups excluding carboxylic acids is 1. The molecule has 1 aliphatic carbocycles. The quantitative estimate of drug-likeness (QED) is 0.846. The van der Waals surface area contributed by atoms with Crippen LogP contribution in [0, 0.1) is 0 Å². The van der Waals surface area contributed by atoms with Crippen LogP contribution in [0.25, 0.3) is 0 Å². The zero-order chi connectivity index (χ0) is 15.9. The molecule has 1 aliphatic rings. The molecule has 0 aromatic heterocycles. The van der Waals surface area contributed by atoms with Crippen LogP contribution in [0.15, 0.2) is 30.3 Å². The second-order valence-electron chi connectivity index (χ2n) is 5.84. The van der Waals surface area contributed by atoms with E-state index in [0.29, 0.717) is 5.75 Å². The van der Waals surface area contributed by atoms with Crippen LogP contribution in [0.5, 0.6) is 0 Å². The molecule has 1 aromatic carbocycles. The fraction of sp³-hybridized carbons (Fsp3) is 0.588. The van der Waals surface area contributed by atoms with Crippen molar-refractivity contribution in [1.82, 2.24) is 5.32 Å². The lowest BCUT2D eigenvalue weighted by molar-refractivity contribution is -0.118. The molecule has 0 aliphatic heterocycles. The first-order valence-corrected chi connectivity index (χ1v) is 9.49. The minimum absolute atomic E-state index is 0.0437. The van der Waals surface area contributed by atoms with E-state index in [2.05, 4.69) is 10.6 Å². The summed E-state index contributed by atoms with van der Waals surface area (Å²) in [7, 11) is -0.805. The van der Waals surface area contributed by atoms with Crippen LogP contribution in [0.1, 0.15) is 39.5 Å². The van der Waals surface area contributed by atoms with Gasteiger partial charge in [-0.1, -0.05) is 38.0 Å². The van der Waals surface area contributed by atoms with Crippen LogP contribution < -0.4 is 10.6 Å². The minimum atomic E-state index is -0.805. The first kappa shape index (κ1) is 17.2. The van der Waals surface area contributed by atoms with Gasteiger partial charge in [0.05, 0.1) is 11.3 Å². The summed E-state index contributed by atoms with van der Waals surface area (Å²) < 4.78 is 12.2. The van der Waals surface area contributed by atoms with Crippen LogP contribution in [0.4, 0.5) is 5.69 Å². The van der Waals surface area contributed by atoms with Gasteiger partial charge in [0, 0.05) is 28.3 Å². The normalized spacial score (nSPS) is 24.5. The predicted molar refractivity (Wildman–Crippen MR) is 92.4 cm³/mol. The zero-order valence-electron chi connectivity index (χ0n) is 13.4. The molecule has 1 amide bonds. The molecular formula is C17H26N2O2S. The standard InChI is InChI=1S/C17H26N2O2S/c1-3-22(21)16-12-8-7-11-15(16)18-13(2)17(20)19-14-9-5-4-6-10-14/h4-6,9-10,13,15-16,18H,3,7-8,11-12H2,1-2H3,(H,19,20)/t13-,15+,16+,22-/m0/s1. The largest absolute Gasteiger partial charge is 0.325 e. The fourth-order valence-corrected chi connectivity index (χ4v) is 4.42. The summed E-state index contributed by atoms with van der Waals surface area (Å²) in [4.78, 5) is 12.3. The highest BCUT2D eigenvalue weighted by molar-refractivity contribution is 7.85. The van der Waals surface area contributed by atoms with Gasteiger partial charge in [-0.2, -0.15) is 0 Å². The predicted octanol–water partition coefficient (Wildman–Crippen LogP) is 2.68. The molecule has 2 N–H and O–H groups in total. The van der Waals surface area contributed by atoms with E-state index in [-0.39, 0.29) is 23.2 Å². The van der Waals surface area contributed by atoms with Crippen LogP contribution in [0.3, 0.4) is 0 Å². The van der Waals surface area contributed by atoms with Gasteiger partial charge in [-0.05, 0) is 31.9 Å². The van der Waals surface area contributed by atoms with Crippen molar-refractivity contribution in [2.75, 3.05) is 11.1 Å². The fourth-order valence-electron chi connectivity index (χ4n) is 2.99. The Morgan fingerprint density at radius 2 is 1.95 bits per heavy atom. The number of amides is 1. The highest BCUT2D eigenvalue weighted by atomic mass is 32.2. The van der Waals surface area contributed by atoms with Crippen molar-refractivity contribution >= 4 is 22.4 Å². The average molecular weight is 322 g/mol. The molecular weight excluding hydrogens is 296 g/mol. The van der Waals surface area contributed by atoms with Crippen LogP contribution in [-0.2, 0) is 15.6 Å². The van der Waals surface area contributed by atoms with E-state index < -0.39 is 10.8 Å².